The predicted octanol–water partition coefficient (Wildman–Crippen LogP) is 4.91. The van der Waals surface area contributed by atoms with Crippen LogP contribution in [0.1, 0.15) is 85.4 Å². The van der Waals surface area contributed by atoms with Crippen LogP contribution in [0.4, 0.5) is 0 Å². The molecule has 1 aromatic carbocycles. The Morgan fingerprint density at radius 2 is 1.68 bits per heavy atom. The van der Waals surface area contributed by atoms with Crippen molar-refractivity contribution in [1.82, 2.24) is 15.1 Å². The van der Waals surface area contributed by atoms with E-state index in [1.807, 2.05) is 25.5 Å². The summed E-state index contributed by atoms with van der Waals surface area (Å²) in [7, 11) is 0. The summed E-state index contributed by atoms with van der Waals surface area (Å²) in [5.41, 5.74) is 4.93. The Bertz CT molecular complexity index is 715. The fourth-order valence-electron chi connectivity index (χ4n) is 3.28. The molecule has 0 radical (unpaired) electrons. The van der Waals surface area contributed by atoms with E-state index in [4.69, 9.17) is 0 Å². The lowest BCUT2D eigenvalue weighted by Gasteiger charge is -2.19. The third-order valence-corrected chi connectivity index (χ3v) is 5.14. The summed E-state index contributed by atoms with van der Waals surface area (Å²) in [6.45, 7) is 13.2. The van der Waals surface area contributed by atoms with E-state index in [1.54, 1.807) is 0 Å². The van der Waals surface area contributed by atoms with Crippen LogP contribution in [-0.4, -0.2) is 15.7 Å². The highest BCUT2D eigenvalue weighted by atomic mass is 16.1. The number of hydrogen-bond acceptors (Lipinski definition) is 2. The van der Waals surface area contributed by atoms with Gasteiger partial charge in [-0.1, -0.05) is 45.0 Å². The highest BCUT2D eigenvalue weighted by molar-refractivity contribution is 5.96. The van der Waals surface area contributed by atoms with Crippen molar-refractivity contribution in [2.45, 2.75) is 72.9 Å². The van der Waals surface area contributed by atoms with E-state index in [-0.39, 0.29) is 11.9 Å². The molecule has 25 heavy (non-hydrogen) atoms. The minimum absolute atomic E-state index is 0.0160. The first kappa shape index (κ1) is 19.2. The maximum absolute atomic E-state index is 12.8. The molecule has 0 spiro atoms. The number of benzene rings is 1. The molecule has 2 rings (SSSR count). The molecule has 0 saturated carbocycles. The Balaban J connectivity index is 2.19. The largest absolute Gasteiger partial charge is 0.345 e. The number of hydrogen-bond donors (Lipinski definition) is 1. The van der Waals surface area contributed by atoms with Gasteiger partial charge in [0.2, 0.25) is 0 Å². The van der Waals surface area contributed by atoms with Crippen LogP contribution < -0.4 is 5.32 Å². The normalized spacial score (nSPS) is 13.5. The summed E-state index contributed by atoms with van der Waals surface area (Å²) in [6.07, 6.45) is 1.99. The van der Waals surface area contributed by atoms with E-state index >= 15 is 0 Å². The zero-order valence-electron chi connectivity index (χ0n) is 16.4. The molecule has 136 valence electrons. The minimum atomic E-state index is -0.0347. The number of nitrogens with one attached hydrogen (secondary N) is 1. The van der Waals surface area contributed by atoms with Gasteiger partial charge in [-0.2, -0.15) is 5.10 Å². The molecule has 0 fully saturated rings. The maximum Gasteiger partial charge on any atom is 0.255 e. The average molecular weight is 341 g/mol. The predicted molar refractivity (Wildman–Crippen MR) is 103 cm³/mol. The number of aryl methyl sites for hydroxylation is 2. The second-order valence-corrected chi connectivity index (χ2v) is 6.77. The molecule has 0 aliphatic carbocycles. The van der Waals surface area contributed by atoms with Crippen molar-refractivity contribution in [3.8, 4) is 0 Å². The number of nitrogens with zero attached hydrogens (tertiary/aromatic N) is 2. The fourth-order valence-corrected chi connectivity index (χ4v) is 3.28. The average Bonchev–Trinajstić information content (AvgIpc) is 2.92. The van der Waals surface area contributed by atoms with Gasteiger partial charge in [0.05, 0.1) is 17.3 Å². The minimum Gasteiger partial charge on any atom is -0.345 e. The van der Waals surface area contributed by atoms with Gasteiger partial charge >= 0.3 is 0 Å². The van der Waals surface area contributed by atoms with Crippen molar-refractivity contribution in [1.29, 1.82) is 0 Å². The first-order chi connectivity index (χ1) is 11.9. The number of carbonyl (C=O) groups excluding carboxylic acids is 1. The number of aromatic nitrogens is 2. The molecule has 1 heterocycles. The molecule has 0 saturated heterocycles. The zero-order valence-corrected chi connectivity index (χ0v) is 16.4. The fraction of sp³-hybridized carbons (Fsp3) is 0.524. The third-order valence-electron chi connectivity index (χ3n) is 5.14. The summed E-state index contributed by atoms with van der Waals surface area (Å²) < 4.78 is 1.88. The van der Waals surface area contributed by atoms with Gasteiger partial charge in [0.1, 0.15) is 0 Å². The first-order valence-corrected chi connectivity index (χ1v) is 9.37. The maximum atomic E-state index is 12.8. The molecule has 0 bridgehead atoms. The number of carbonyl (C=O) groups is 1. The Kier molecular flexibility index (Phi) is 6.40. The van der Waals surface area contributed by atoms with Gasteiger partial charge in [-0.05, 0) is 50.7 Å². The lowest BCUT2D eigenvalue weighted by Crippen LogP contribution is -2.29. The van der Waals surface area contributed by atoms with Crippen LogP contribution in [0.5, 0.6) is 0 Å². The summed E-state index contributed by atoms with van der Waals surface area (Å²) in [5, 5.41) is 7.64. The molecular weight excluding hydrogens is 310 g/mol. The van der Waals surface area contributed by atoms with E-state index in [1.165, 1.54) is 5.56 Å². The summed E-state index contributed by atoms with van der Waals surface area (Å²) in [4.78, 5) is 12.8. The van der Waals surface area contributed by atoms with E-state index < -0.39 is 0 Å². The molecule has 1 amide bonds. The van der Waals surface area contributed by atoms with Crippen LogP contribution in [0.15, 0.2) is 24.3 Å². The van der Waals surface area contributed by atoms with E-state index in [0.29, 0.717) is 11.5 Å². The first-order valence-electron chi connectivity index (χ1n) is 9.37. The van der Waals surface area contributed by atoms with Gasteiger partial charge in [0.25, 0.3) is 5.91 Å². The van der Waals surface area contributed by atoms with Gasteiger partial charge in [-0.3, -0.25) is 9.48 Å². The van der Waals surface area contributed by atoms with Gasteiger partial charge < -0.3 is 5.32 Å². The Morgan fingerprint density at radius 3 is 2.16 bits per heavy atom. The molecule has 1 aromatic heterocycles. The van der Waals surface area contributed by atoms with E-state index in [2.05, 4.69) is 55.5 Å². The highest BCUT2D eigenvalue weighted by Gasteiger charge is 2.21. The Morgan fingerprint density at radius 1 is 1.08 bits per heavy atom. The van der Waals surface area contributed by atoms with Gasteiger partial charge in [0, 0.05) is 12.2 Å². The quantitative estimate of drug-likeness (QED) is 0.777. The second-order valence-electron chi connectivity index (χ2n) is 6.77. The van der Waals surface area contributed by atoms with Crippen LogP contribution in [0.3, 0.4) is 0 Å². The standard InChI is InChI=1S/C21H31N3O/c1-7-14(4)17-10-12-18(13-11-17)19(8-2)22-21(25)20-15(5)23-24(9-3)16(20)6/h10-14,19H,7-9H2,1-6H3,(H,22,25). The van der Waals surface area contributed by atoms with Crippen LogP contribution in [-0.2, 0) is 6.54 Å². The van der Waals surface area contributed by atoms with Crippen LogP contribution in [0.2, 0.25) is 0 Å². The molecule has 0 aliphatic heterocycles. The molecule has 2 atom stereocenters. The SMILES string of the molecule is CCC(C)c1ccc(C(CC)NC(=O)c2c(C)nn(CC)c2C)cc1. The molecule has 1 N–H and O–H groups in total. The molecular formula is C21H31N3O. The smallest absolute Gasteiger partial charge is 0.255 e. The van der Waals surface area contributed by atoms with Crippen molar-refractivity contribution in [2.75, 3.05) is 0 Å². The zero-order chi connectivity index (χ0) is 18.6. The highest BCUT2D eigenvalue weighted by Crippen LogP contribution is 2.23. The van der Waals surface area contributed by atoms with Gasteiger partial charge in [0.15, 0.2) is 0 Å². The van der Waals surface area contributed by atoms with Crippen molar-refractivity contribution in [3.05, 3.63) is 52.3 Å². The lowest BCUT2D eigenvalue weighted by atomic mass is 9.95. The number of rotatable bonds is 7. The van der Waals surface area contributed by atoms with E-state index in [0.717, 1.165) is 36.3 Å². The van der Waals surface area contributed by atoms with Gasteiger partial charge in [-0.15, -0.1) is 0 Å². The van der Waals surface area contributed by atoms with Crippen molar-refractivity contribution in [3.63, 3.8) is 0 Å². The molecule has 0 aliphatic rings. The summed E-state index contributed by atoms with van der Waals surface area (Å²) in [6, 6.07) is 8.67. The Labute approximate surface area is 151 Å². The summed E-state index contributed by atoms with van der Waals surface area (Å²) in [5.74, 6) is 0.529. The van der Waals surface area contributed by atoms with E-state index in [9.17, 15) is 4.79 Å². The molecule has 2 aromatic rings. The summed E-state index contributed by atoms with van der Waals surface area (Å²) >= 11 is 0. The monoisotopic (exact) mass is 341 g/mol. The topological polar surface area (TPSA) is 46.9 Å². The third kappa shape index (κ3) is 4.12. The van der Waals surface area contributed by atoms with Crippen LogP contribution >= 0.6 is 0 Å². The van der Waals surface area contributed by atoms with Crippen molar-refractivity contribution in [2.24, 2.45) is 0 Å². The molecule has 4 heteroatoms. The lowest BCUT2D eigenvalue weighted by molar-refractivity contribution is 0.0934. The molecule has 2 unspecified atom stereocenters. The Hall–Kier alpha value is -2.10. The van der Waals surface area contributed by atoms with Crippen LogP contribution in [0, 0.1) is 13.8 Å². The second kappa shape index (κ2) is 8.32. The van der Waals surface area contributed by atoms with Gasteiger partial charge in [-0.25, -0.2) is 0 Å². The van der Waals surface area contributed by atoms with Crippen molar-refractivity contribution < 1.29 is 4.79 Å². The van der Waals surface area contributed by atoms with Crippen molar-refractivity contribution >= 4 is 5.91 Å². The molecule has 4 nitrogen and oxygen atoms in total. The van der Waals surface area contributed by atoms with Crippen LogP contribution in [0.25, 0.3) is 0 Å². The number of amides is 1.